The molecule has 1 saturated heterocycles. The molecular formula is C12H20N4O2. The van der Waals surface area contributed by atoms with Crippen molar-refractivity contribution in [3.8, 4) is 0 Å². The summed E-state index contributed by atoms with van der Waals surface area (Å²) in [4.78, 5) is 20.1. The van der Waals surface area contributed by atoms with Crippen molar-refractivity contribution in [1.29, 1.82) is 0 Å². The highest BCUT2D eigenvalue weighted by Crippen LogP contribution is 2.21. The van der Waals surface area contributed by atoms with Crippen LogP contribution in [0, 0.1) is 0 Å². The molecule has 1 atom stereocenters. The lowest BCUT2D eigenvalue weighted by Crippen LogP contribution is -2.41. The number of nitrogen functional groups attached to an aromatic ring is 1. The molecule has 1 aliphatic heterocycles. The number of ether oxygens (including phenoxy) is 1. The maximum Gasteiger partial charge on any atom is 0.276 e. The molecule has 6 nitrogen and oxygen atoms in total. The van der Waals surface area contributed by atoms with E-state index in [1.54, 1.807) is 0 Å². The number of aromatic amines is 1. The smallest absolute Gasteiger partial charge is 0.276 e. The Morgan fingerprint density at radius 3 is 3.28 bits per heavy atom. The third-order valence-corrected chi connectivity index (χ3v) is 3.10. The summed E-state index contributed by atoms with van der Waals surface area (Å²) in [5.74, 6) is 0.573. The first-order valence-corrected chi connectivity index (χ1v) is 6.42. The van der Waals surface area contributed by atoms with Crippen molar-refractivity contribution < 1.29 is 4.74 Å². The number of anilines is 2. The predicted molar refractivity (Wildman–Crippen MR) is 70.7 cm³/mol. The first kappa shape index (κ1) is 12.9. The van der Waals surface area contributed by atoms with E-state index in [9.17, 15) is 4.79 Å². The minimum Gasteiger partial charge on any atom is -0.391 e. The lowest BCUT2D eigenvalue weighted by Gasteiger charge is -2.33. The Morgan fingerprint density at radius 1 is 1.67 bits per heavy atom. The number of hydrogen-bond donors (Lipinski definition) is 2. The highest BCUT2D eigenvalue weighted by atomic mass is 16.5. The number of rotatable bonds is 4. The van der Waals surface area contributed by atoms with Gasteiger partial charge in [-0.25, -0.2) is 4.98 Å². The van der Waals surface area contributed by atoms with Crippen molar-refractivity contribution >= 4 is 11.5 Å². The van der Waals surface area contributed by atoms with Crippen molar-refractivity contribution in [3.63, 3.8) is 0 Å². The minimum atomic E-state index is -0.281. The monoisotopic (exact) mass is 252 g/mol. The van der Waals surface area contributed by atoms with Crippen molar-refractivity contribution in [2.45, 2.75) is 32.3 Å². The Kier molecular flexibility index (Phi) is 4.19. The fourth-order valence-corrected chi connectivity index (χ4v) is 2.20. The topological polar surface area (TPSA) is 84.2 Å². The zero-order valence-corrected chi connectivity index (χ0v) is 10.7. The second kappa shape index (κ2) is 5.86. The van der Waals surface area contributed by atoms with Crippen LogP contribution in [0.5, 0.6) is 0 Å². The van der Waals surface area contributed by atoms with Crippen molar-refractivity contribution in [1.82, 2.24) is 9.97 Å². The third kappa shape index (κ3) is 2.81. The zero-order valence-electron chi connectivity index (χ0n) is 10.7. The molecule has 2 heterocycles. The first-order valence-electron chi connectivity index (χ1n) is 6.42. The molecule has 1 aromatic heterocycles. The number of piperidine rings is 1. The van der Waals surface area contributed by atoms with Crippen molar-refractivity contribution in [2.24, 2.45) is 0 Å². The fourth-order valence-electron chi connectivity index (χ4n) is 2.20. The van der Waals surface area contributed by atoms with Gasteiger partial charge >= 0.3 is 0 Å². The highest BCUT2D eigenvalue weighted by Gasteiger charge is 2.23. The summed E-state index contributed by atoms with van der Waals surface area (Å²) in [6.07, 6.45) is 4.70. The van der Waals surface area contributed by atoms with Gasteiger partial charge in [0.15, 0.2) is 5.82 Å². The van der Waals surface area contributed by atoms with Crippen LogP contribution in [0.25, 0.3) is 0 Å². The molecule has 2 rings (SSSR count). The van der Waals surface area contributed by atoms with Crippen molar-refractivity contribution in [2.75, 3.05) is 30.3 Å². The van der Waals surface area contributed by atoms with E-state index in [4.69, 9.17) is 10.5 Å². The van der Waals surface area contributed by atoms with E-state index in [-0.39, 0.29) is 17.4 Å². The van der Waals surface area contributed by atoms with E-state index >= 15 is 0 Å². The summed E-state index contributed by atoms with van der Waals surface area (Å²) >= 11 is 0. The van der Waals surface area contributed by atoms with E-state index in [0.717, 1.165) is 39.0 Å². The standard InChI is InChI=1S/C12H20N4O2/c1-2-6-18-9-4-3-5-16(7-9)11-10(13)12(17)15-8-14-11/h8-9H,2-7,13H2,1H3,(H,14,15,17). The van der Waals surface area contributed by atoms with Gasteiger partial charge in [-0.2, -0.15) is 0 Å². The molecule has 0 bridgehead atoms. The van der Waals surface area contributed by atoms with E-state index in [0.29, 0.717) is 5.82 Å². The van der Waals surface area contributed by atoms with Crippen LogP contribution in [0.3, 0.4) is 0 Å². The highest BCUT2D eigenvalue weighted by molar-refractivity contribution is 5.61. The molecule has 0 radical (unpaired) electrons. The molecule has 18 heavy (non-hydrogen) atoms. The summed E-state index contributed by atoms with van der Waals surface area (Å²) in [7, 11) is 0. The Labute approximate surface area is 106 Å². The van der Waals surface area contributed by atoms with Crippen LogP contribution < -0.4 is 16.2 Å². The van der Waals surface area contributed by atoms with Crippen LogP contribution in [0.15, 0.2) is 11.1 Å². The summed E-state index contributed by atoms with van der Waals surface area (Å²) < 4.78 is 5.76. The Morgan fingerprint density at radius 2 is 2.50 bits per heavy atom. The van der Waals surface area contributed by atoms with Crippen LogP contribution in [-0.4, -0.2) is 35.8 Å². The summed E-state index contributed by atoms with van der Waals surface area (Å²) in [5.41, 5.74) is 5.68. The molecule has 1 aliphatic rings. The molecular weight excluding hydrogens is 232 g/mol. The summed E-state index contributed by atoms with van der Waals surface area (Å²) in [6, 6.07) is 0. The van der Waals surface area contributed by atoms with E-state index < -0.39 is 0 Å². The fraction of sp³-hybridized carbons (Fsp3) is 0.667. The van der Waals surface area contributed by atoms with Gasteiger partial charge in [0.25, 0.3) is 5.56 Å². The molecule has 0 amide bonds. The number of nitrogens with two attached hydrogens (primary N) is 1. The lowest BCUT2D eigenvalue weighted by atomic mass is 10.1. The van der Waals surface area contributed by atoms with Gasteiger partial charge in [-0.3, -0.25) is 4.79 Å². The van der Waals surface area contributed by atoms with E-state index in [1.807, 2.05) is 4.90 Å². The van der Waals surface area contributed by atoms with E-state index in [1.165, 1.54) is 6.33 Å². The maximum absolute atomic E-state index is 11.5. The van der Waals surface area contributed by atoms with Crippen LogP contribution >= 0.6 is 0 Å². The molecule has 1 aromatic rings. The second-order valence-electron chi connectivity index (χ2n) is 4.55. The molecule has 0 aromatic carbocycles. The Hall–Kier alpha value is -1.56. The zero-order chi connectivity index (χ0) is 13.0. The van der Waals surface area contributed by atoms with Crippen LogP contribution in [0.4, 0.5) is 11.5 Å². The third-order valence-electron chi connectivity index (χ3n) is 3.10. The lowest BCUT2D eigenvalue weighted by molar-refractivity contribution is 0.0439. The number of nitrogens with one attached hydrogen (secondary N) is 1. The molecule has 0 saturated carbocycles. The molecule has 0 aliphatic carbocycles. The normalized spacial score (nSPS) is 20.1. The molecule has 3 N–H and O–H groups in total. The number of hydrogen-bond acceptors (Lipinski definition) is 5. The maximum atomic E-state index is 11.5. The number of aromatic nitrogens is 2. The van der Waals surface area contributed by atoms with Gasteiger partial charge in [0.2, 0.25) is 0 Å². The molecule has 1 unspecified atom stereocenters. The summed E-state index contributed by atoms with van der Waals surface area (Å²) in [5, 5.41) is 0. The van der Waals surface area contributed by atoms with Crippen molar-refractivity contribution in [3.05, 3.63) is 16.7 Å². The van der Waals surface area contributed by atoms with Gasteiger partial charge in [0.1, 0.15) is 5.69 Å². The summed E-state index contributed by atoms with van der Waals surface area (Å²) in [6.45, 7) is 4.49. The van der Waals surface area contributed by atoms with Gasteiger partial charge in [-0.05, 0) is 19.3 Å². The van der Waals surface area contributed by atoms with Gasteiger partial charge < -0.3 is 20.4 Å². The number of nitrogens with zero attached hydrogens (tertiary/aromatic N) is 2. The van der Waals surface area contributed by atoms with Crippen LogP contribution in [0.1, 0.15) is 26.2 Å². The Balaban J connectivity index is 2.08. The molecule has 0 spiro atoms. The Bertz CT molecular complexity index is 446. The SMILES string of the molecule is CCCOC1CCCN(c2nc[nH]c(=O)c2N)C1. The van der Waals surface area contributed by atoms with Crippen LogP contribution in [-0.2, 0) is 4.74 Å². The second-order valence-corrected chi connectivity index (χ2v) is 4.55. The molecule has 6 heteroatoms. The van der Waals surface area contributed by atoms with Crippen LogP contribution in [0.2, 0.25) is 0 Å². The molecule has 1 fully saturated rings. The minimum absolute atomic E-state index is 0.189. The number of H-pyrrole nitrogens is 1. The molecule has 100 valence electrons. The van der Waals surface area contributed by atoms with Gasteiger partial charge in [0.05, 0.1) is 12.4 Å². The average molecular weight is 252 g/mol. The van der Waals surface area contributed by atoms with Gasteiger partial charge in [-0.15, -0.1) is 0 Å². The average Bonchev–Trinajstić information content (AvgIpc) is 2.40. The van der Waals surface area contributed by atoms with Gasteiger partial charge in [-0.1, -0.05) is 6.92 Å². The van der Waals surface area contributed by atoms with Gasteiger partial charge in [0, 0.05) is 19.7 Å². The quantitative estimate of drug-likeness (QED) is 0.826. The van der Waals surface area contributed by atoms with E-state index in [2.05, 4.69) is 16.9 Å². The first-order chi connectivity index (χ1) is 8.72. The predicted octanol–water partition coefficient (Wildman–Crippen LogP) is 0.748. The largest absolute Gasteiger partial charge is 0.391 e.